The fourth-order valence-corrected chi connectivity index (χ4v) is 6.65. The number of fused-ring (bicyclic) bond motifs is 7. The number of imide groups is 1. The van der Waals surface area contributed by atoms with E-state index in [2.05, 4.69) is 26.1 Å². The van der Waals surface area contributed by atoms with Gasteiger partial charge in [0, 0.05) is 21.8 Å². The van der Waals surface area contributed by atoms with Crippen molar-refractivity contribution in [2.45, 2.75) is 31.3 Å². The Morgan fingerprint density at radius 3 is 2.70 bits per heavy atom. The molecule has 2 aromatic rings. The van der Waals surface area contributed by atoms with Crippen LogP contribution in [0.25, 0.3) is 0 Å². The molecule has 1 N–H and O–H groups in total. The van der Waals surface area contributed by atoms with Gasteiger partial charge in [0.25, 0.3) is 0 Å². The summed E-state index contributed by atoms with van der Waals surface area (Å²) < 4.78 is 0.691. The lowest BCUT2D eigenvalue weighted by Crippen LogP contribution is -2.54. The molecule has 6 nitrogen and oxygen atoms in total. The number of nitrogens with zero attached hydrogens (tertiary/aromatic N) is 2. The molecular formula is C23H20BrN3O3. The summed E-state index contributed by atoms with van der Waals surface area (Å²) in [7, 11) is 0. The summed E-state index contributed by atoms with van der Waals surface area (Å²) >= 11 is 3.48. The first-order chi connectivity index (χ1) is 14.5. The molecule has 1 spiro atoms. The Labute approximate surface area is 182 Å². The van der Waals surface area contributed by atoms with Gasteiger partial charge < -0.3 is 5.32 Å². The fraction of sp³-hybridized carbons (Fsp3) is 0.348. The average Bonchev–Trinajstić information content (AvgIpc) is 3.42. The Balaban J connectivity index is 1.58. The van der Waals surface area contributed by atoms with Crippen LogP contribution in [0.3, 0.4) is 0 Å². The number of carbonyl (C=O) groups excluding carboxylic acids is 3. The Hall–Kier alpha value is -2.51. The van der Waals surface area contributed by atoms with Crippen LogP contribution >= 0.6 is 15.9 Å². The molecule has 4 heterocycles. The number of rotatable bonds is 1. The number of para-hydroxylation sites is 1. The minimum absolute atomic E-state index is 0.101. The Kier molecular flexibility index (Phi) is 3.66. The minimum atomic E-state index is -1.12. The molecule has 4 aliphatic heterocycles. The van der Waals surface area contributed by atoms with Gasteiger partial charge in [0.05, 0.1) is 17.5 Å². The molecule has 0 aromatic heterocycles. The van der Waals surface area contributed by atoms with E-state index in [0.29, 0.717) is 16.7 Å². The van der Waals surface area contributed by atoms with Crippen molar-refractivity contribution >= 4 is 45.0 Å². The topological polar surface area (TPSA) is 69.7 Å². The van der Waals surface area contributed by atoms with Crippen LogP contribution in [-0.4, -0.2) is 35.2 Å². The number of aryl methyl sites for hydroxylation is 1. The number of anilines is 2. The third kappa shape index (κ3) is 2.00. The first-order valence-electron chi connectivity index (χ1n) is 10.3. The summed E-state index contributed by atoms with van der Waals surface area (Å²) in [5.41, 5.74) is 2.04. The van der Waals surface area contributed by atoms with E-state index < -0.39 is 17.4 Å². The first-order valence-corrected chi connectivity index (χ1v) is 11.1. The predicted molar refractivity (Wildman–Crippen MR) is 115 cm³/mol. The number of carbonyl (C=O) groups is 3. The zero-order valence-electron chi connectivity index (χ0n) is 16.4. The van der Waals surface area contributed by atoms with Gasteiger partial charge in [-0.3, -0.25) is 19.3 Å². The Morgan fingerprint density at radius 1 is 1.10 bits per heavy atom. The number of hydrogen-bond acceptors (Lipinski definition) is 4. The van der Waals surface area contributed by atoms with E-state index in [1.54, 1.807) is 6.07 Å². The molecule has 6 rings (SSSR count). The number of halogens is 1. The molecule has 2 aromatic carbocycles. The van der Waals surface area contributed by atoms with Gasteiger partial charge >= 0.3 is 0 Å². The smallest absolute Gasteiger partial charge is 0.250 e. The van der Waals surface area contributed by atoms with Gasteiger partial charge in [0.15, 0.2) is 0 Å². The second-order valence-corrected chi connectivity index (χ2v) is 9.49. The predicted octanol–water partition coefficient (Wildman–Crippen LogP) is 3.19. The third-order valence-corrected chi connectivity index (χ3v) is 7.91. The highest BCUT2D eigenvalue weighted by Crippen LogP contribution is 2.60. The van der Waals surface area contributed by atoms with Crippen LogP contribution in [0.1, 0.15) is 24.0 Å². The van der Waals surface area contributed by atoms with Gasteiger partial charge in [0.2, 0.25) is 17.7 Å². The highest BCUT2D eigenvalue weighted by Gasteiger charge is 2.74. The van der Waals surface area contributed by atoms with Crippen LogP contribution in [0.2, 0.25) is 0 Å². The van der Waals surface area contributed by atoms with Gasteiger partial charge in [-0.15, -0.1) is 0 Å². The maximum absolute atomic E-state index is 13.9. The SMILES string of the molecule is Cc1ccc2c(c1)[C@]1(C(=O)N2)[C@@H]2C(=O)N(c3ccccc3Br)C(=O)[C@H]2[C@H]2CCCN21. The van der Waals surface area contributed by atoms with Gasteiger partial charge in [-0.05, 0) is 60.4 Å². The molecule has 3 amide bonds. The Morgan fingerprint density at radius 2 is 1.90 bits per heavy atom. The standard InChI is InChI=1S/C23H20BrN3O3/c1-12-8-9-15-13(11-12)23(22(30)25-15)19-18(17-7-4-10-26(17)23)20(28)27(21(19)29)16-6-3-2-5-14(16)24/h2-3,5-6,8-9,11,17-19H,4,7,10H2,1H3,(H,25,30)/t17-,18+,19+,23-/m1/s1. The van der Waals surface area contributed by atoms with Crippen molar-refractivity contribution in [3.63, 3.8) is 0 Å². The van der Waals surface area contributed by atoms with Crippen LogP contribution in [0.15, 0.2) is 46.9 Å². The summed E-state index contributed by atoms with van der Waals surface area (Å²) in [6, 6.07) is 13.0. The first kappa shape index (κ1) is 18.3. The molecule has 7 heteroatoms. The van der Waals surface area contributed by atoms with E-state index in [1.165, 1.54) is 4.90 Å². The second-order valence-electron chi connectivity index (χ2n) is 8.64. The van der Waals surface area contributed by atoms with Crippen molar-refractivity contribution in [1.82, 2.24) is 4.90 Å². The van der Waals surface area contributed by atoms with E-state index in [9.17, 15) is 14.4 Å². The van der Waals surface area contributed by atoms with Crippen LogP contribution in [0.5, 0.6) is 0 Å². The minimum Gasteiger partial charge on any atom is -0.324 e. The maximum Gasteiger partial charge on any atom is 0.250 e. The van der Waals surface area contributed by atoms with Crippen LogP contribution < -0.4 is 10.2 Å². The molecule has 3 fully saturated rings. The second kappa shape index (κ2) is 6.02. The van der Waals surface area contributed by atoms with Crippen molar-refractivity contribution in [2.24, 2.45) is 11.8 Å². The lowest BCUT2D eigenvalue weighted by atomic mass is 9.75. The number of benzene rings is 2. The molecule has 0 unspecified atom stereocenters. The molecule has 4 atom stereocenters. The summed E-state index contributed by atoms with van der Waals surface area (Å²) in [6.07, 6.45) is 1.74. The van der Waals surface area contributed by atoms with Crippen molar-refractivity contribution < 1.29 is 14.4 Å². The van der Waals surface area contributed by atoms with E-state index in [-0.39, 0.29) is 23.8 Å². The number of amides is 3. The van der Waals surface area contributed by atoms with Crippen LogP contribution in [-0.2, 0) is 19.9 Å². The highest BCUT2D eigenvalue weighted by molar-refractivity contribution is 9.10. The van der Waals surface area contributed by atoms with Gasteiger partial charge in [-0.2, -0.15) is 0 Å². The van der Waals surface area contributed by atoms with Crippen molar-refractivity contribution in [1.29, 1.82) is 0 Å². The summed E-state index contributed by atoms with van der Waals surface area (Å²) in [6.45, 7) is 2.70. The fourth-order valence-electron chi connectivity index (χ4n) is 6.19. The van der Waals surface area contributed by atoms with E-state index in [4.69, 9.17) is 0 Å². The highest BCUT2D eigenvalue weighted by atomic mass is 79.9. The summed E-state index contributed by atoms with van der Waals surface area (Å²) in [5.74, 6) is -1.89. The molecule has 0 bridgehead atoms. The van der Waals surface area contributed by atoms with Crippen LogP contribution in [0.4, 0.5) is 11.4 Å². The molecule has 0 aliphatic carbocycles. The molecular weight excluding hydrogens is 446 g/mol. The molecule has 4 aliphatic rings. The monoisotopic (exact) mass is 465 g/mol. The lowest BCUT2D eigenvalue weighted by molar-refractivity contribution is -0.135. The summed E-state index contributed by atoms with van der Waals surface area (Å²) in [5, 5.41) is 3.01. The third-order valence-electron chi connectivity index (χ3n) is 7.24. The van der Waals surface area contributed by atoms with E-state index in [0.717, 1.165) is 29.7 Å². The number of hydrogen-bond donors (Lipinski definition) is 1. The number of nitrogens with one attached hydrogen (secondary N) is 1. The van der Waals surface area contributed by atoms with E-state index in [1.807, 2.05) is 43.3 Å². The van der Waals surface area contributed by atoms with Crippen LogP contribution in [0, 0.1) is 18.8 Å². The lowest BCUT2D eigenvalue weighted by Gasteiger charge is -2.36. The largest absolute Gasteiger partial charge is 0.324 e. The van der Waals surface area contributed by atoms with Gasteiger partial charge in [0.1, 0.15) is 5.54 Å². The maximum atomic E-state index is 13.9. The molecule has 0 radical (unpaired) electrons. The quantitative estimate of drug-likeness (QED) is 0.656. The molecule has 152 valence electrons. The summed E-state index contributed by atoms with van der Waals surface area (Å²) in [4.78, 5) is 44.5. The normalized spacial score (nSPS) is 32.0. The zero-order valence-corrected chi connectivity index (χ0v) is 18.0. The van der Waals surface area contributed by atoms with Crippen molar-refractivity contribution in [2.75, 3.05) is 16.8 Å². The van der Waals surface area contributed by atoms with Crippen molar-refractivity contribution in [3.8, 4) is 0 Å². The molecule has 3 saturated heterocycles. The van der Waals surface area contributed by atoms with Gasteiger partial charge in [-0.1, -0.05) is 29.8 Å². The average molecular weight is 466 g/mol. The molecule has 30 heavy (non-hydrogen) atoms. The van der Waals surface area contributed by atoms with E-state index >= 15 is 0 Å². The Bertz CT molecular complexity index is 1150. The zero-order chi connectivity index (χ0) is 20.8. The van der Waals surface area contributed by atoms with Crippen molar-refractivity contribution in [3.05, 3.63) is 58.1 Å². The van der Waals surface area contributed by atoms with Gasteiger partial charge in [-0.25, -0.2) is 4.90 Å². The molecule has 0 saturated carbocycles.